The van der Waals surface area contributed by atoms with Crippen LogP contribution in [0.2, 0.25) is 23.4 Å². The summed E-state index contributed by atoms with van der Waals surface area (Å²) in [5, 5.41) is 0. The lowest BCUT2D eigenvalue weighted by Crippen LogP contribution is -2.45. The summed E-state index contributed by atoms with van der Waals surface area (Å²) in [4.78, 5) is 0. The molecule has 1 aliphatic rings. The van der Waals surface area contributed by atoms with Gasteiger partial charge in [-0.3, -0.25) is 0 Å². The number of allylic oxidation sites excluding steroid dienone is 2. The Morgan fingerprint density at radius 2 is 1.70 bits per heavy atom. The molecule has 0 atom stereocenters. The molecule has 0 aromatic heterocycles. The Kier molecular flexibility index (Phi) is 2.68. The largest absolute Gasteiger partial charge is 0.103 e. The molecule has 0 aromatic carbocycles. The van der Waals surface area contributed by atoms with Crippen molar-refractivity contribution in [3.63, 3.8) is 0 Å². The highest BCUT2D eigenvalue weighted by Gasteiger charge is 2.36. The van der Waals surface area contributed by atoms with Gasteiger partial charge < -0.3 is 0 Å². The van der Waals surface area contributed by atoms with E-state index in [0.717, 1.165) is 0 Å². The van der Waals surface area contributed by atoms with Crippen LogP contribution in [0.1, 0.15) is 0 Å². The summed E-state index contributed by atoms with van der Waals surface area (Å²) in [6.45, 7) is 7.63. The average Bonchev–Trinajstić information content (AvgIpc) is 1.84. The molecule has 0 aliphatic carbocycles. The van der Waals surface area contributed by atoms with Gasteiger partial charge in [-0.05, 0) is 12.1 Å². The molecule has 1 fully saturated rings. The van der Waals surface area contributed by atoms with Crippen LogP contribution in [0.4, 0.5) is 0 Å². The Bertz CT molecular complexity index is 124. The minimum absolute atomic E-state index is 0.767. The standard InChI is InChI=1S/C8H14Si2/c1-3-5-10(6-4-2)7-9-8-10/h3-4H,1-2,5-8H2. The minimum Gasteiger partial charge on any atom is -0.103 e. The van der Waals surface area contributed by atoms with Crippen molar-refractivity contribution in [2.75, 3.05) is 0 Å². The van der Waals surface area contributed by atoms with Crippen LogP contribution < -0.4 is 0 Å². The Hall–Kier alpha value is -0.0862. The molecule has 0 spiro atoms. The van der Waals surface area contributed by atoms with Gasteiger partial charge in [-0.2, -0.15) is 0 Å². The molecule has 2 radical (unpaired) electrons. The molecule has 1 saturated heterocycles. The van der Waals surface area contributed by atoms with Gasteiger partial charge in [-0.25, -0.2) is 0 Å². The first-order valence-electron chi connectivity index (χ1n) is 3.75. The Labute approximate surface area is 66.9 Å². The maximum Gasteiger partial charge on any atom is 0.0549 e. The molecule has 0 aromatic rings. The van der Waals surface area contributed by atoms with Crippen LogP contribution in [-0.2, 0) is 0 Å². The van der Waals surface area contributed by atoms with Crippen LogP contribution in [0, 0.1) is 0 Å². The lowest BCUT2D eigenvalue weighted by Gasteiger charge is -2.37. The van der Waals surface area contributed by atoms with Gasteiger partial charge in [0, 0.05) is 9.52 Å². The zero-order valence-corrected chi connectivity index (χ0v) is 8.40. The quantitative estimate of drug-likeness (QED) is 0.444. The molecule has 54 valence electrons. The first kappa shape index (κ1) is 8.01. The Morgan fingerprint density at radius 1 is 1.20 bits per heavy atom. The average molecular weight is 166 g/mol. The van der Waals surface area contributed by atoms with Crippen molar-refractivity contribution in [3.05, 3.63) is 25.3 Å². The first-order chi connectivity index (χ1) is 4.83. The molecule has 0 amide bonds. The maximum atomic E-state index is 3.81. The maximum absolute atomic E-state index is 3.81. The lowest BCUT2D eigenvalue weighted by molar-refractivity contribution is 1.31. The molecular formula is C8H14Si2. The van der Waals surface area contributed by atoms with E-state index in [1.165, 1.54) is 21.6 Å². The number of hydrogen-bond donors (Lipinski definition) is 0. The molecule has 1 aliphatic heterocycles. The molecule has 1 rings (SSSR count). The summed E-state index contributed by atoms with van der Waals surface area (Å²) in [7, 11) is 0.492. The van der Waals surface area contributed by atoms with Gasteiger partial charge in [-0.15, -0.1) is 13.2 Å². The summed E-state index contributed by atoms with van der Waals surface area (Å²) in [5.41, 5.74) is 3.09. The fraction of sp³-hybridized carbons (Fsp3) is 0.500. The van der Waals surface area contributed by atoms with E-state index in [1.807, 2.05) is 0 Å². The third-order valence-corrected chi connectivity index (χ3v) is 12.5. The molecule has 0 nitrogen and oxygen atoms in total. The van der Waals surface area contributed by atoms with Crippen LogP contribution in [-0.4, -0.2) is 17.6 Å². The van der Waals surface area contributed by atoms with Gasteiger partial charge in [0.1, 0.15) is 0 Å². The monoisotopic (exact) mass is 166 g/mol. The van der Waals surface area contributed by atoms with Crippen molar-refractivity contribution in [3.8, 4) is 0 Å². The zero-order valence-electron chi connectivity index (χ0n) is 6.40. The molecule has 2 heteroatoms. The van der Waals surface area contributed by atoms with Crippen molar-refractivity contribution in [1.29, 1.82) is 0 Å². The summed E-state index contributed by atoms with van der Waals surface area (Å²) in [6.07, 6.45) is 4.22. The second kappa shape index (κ2) is 3.35. The topological polar surface area (TPSA) is 0 Å². The zero-order chi connectivity index (χ0) is 7.45. The second-order valence-corrected chi connectivity index (χ2v) is 10.2. The normalized spacial score (nSPS) is 21.2. The minimum atomic E-state index is -0.767. The third kappa shape index (κ3) is 1.49. The summed E-state index contributed by atoms with van der Waals surface area (Å²) >= 11 is 0. The highest BCUT2D eigenvalue weighted by atomic mass is 28.4. The smallest absolute Gasteiger partial charge is 0.0549 e. The van der Waals surface area contributed by atoms with Crippen molar-refractivity contribution in [1.82, 2.24) is 0 Å². The van der Waals surface area contributed by atoms with Gasteiger partial charge in [0.25, 0.3) is 0 Å². The fourth-order valence-corrected chi connectivity index (χ4v) is 8.99. The first-order valence-corrected chi connectivity index (χ1v) is 8.00. The molecule has 1 heterocycles. The summed E-state index contributed by atoms with van der Waals surface area (Å²) < 4.78 is 0. The van der Waals surface area contributed by atoms with E-state index in [1.54, 1.807) is 11.3 Å². The van der Waals surface area contributed by atoms with Gasteiger partial charge in [-0.1, -0.05) is 23.5 Å². The third-order valence-electron chi connectivity index (χ3n) is 2.15. The van der Waals surface area contributed by atoms with E-state index in [9.17, 15) is 0 Å². The van der Waals surface area contributed by atoms with Crippen molar-refractivity contribution in [2.24, 2.45) is 0 Å². The van der Waals surface area contributed by atoms with Gasteiger partial charge in [0.05, 0.1) is 8.07 Å². The van der Waals surface area contributed by atoms with Gasteiger partial charge in [0.15, 0.2) is 0 Å². The lowest BCUT2D eigenvalue weighted by atomic mass is 10.7. The number of rotatable bonds is 4. The predicted molar refractivity (Wildman–Crippen MR) is 51.1 cm³/mol. The van der Waals surface area contributed by atoms with Crippen molar-refractivity contribution < 1.29 is 0 Å². The van der Waals surface area contributed by atoms with Crippen LogP contribution in [0.15, 0.2) is 25.3 Å². The Balaban J connectivity index is 2.41. The van der Waals surface area contributed by atoms with E-state index < -0.39 is 8.07 Å². The van der Waals surface area contributed by atoms with E-state index in [0.29, 0.717) is 0 Å². The molecule has 0 saturated carbocycles. The molecular weight excluding hydrogens is 152 g/mol. The SMILES string of the molecule is C=CC[Si]1(CC=C)C[Si]C1. The van der Waals surface area contributed by atoms with Crippen LogP contribution >= 0.6 is 0 Å². The summed E-state index contributed by atoms with van der Waals surface area (Å²) in [6, 6.07) is 2.65. The van der Waals surface area contributed by atoms with Crippen LogP contribution in [0.5, 0.6) is 0 Å². The van der Waals surface area contributed by atoms with E-state index in [4.69, 9.17) is 0 Å². The van der Waals surface area contributed by atoms with E-state index in [2.05, 4.69) is 25.3 Å². The molecule has 0 unspecified atom stereocenters. The van der Waals surface area contributed by atoms with Crippen LogP contribution in [0.3, 0.4) is 0 Å². The second-order valence-electron chi connectivity index (χ2n) is 3.09. The predicted octanol–water partition coefficient (Wildman–Crippen LogP) is 2.44. The van der Waals surface area contributed by atoms with E-state index in [-0.39, 0.29) is 0 Å². The van der Waals surface area contributed by atoms with Crippen LogP contribution in [0.25, 0.3) is 0 Å². The highest BCUT2D eigenvalue weighted by molar-refractivity contribution is 7.00. The molecule has 0 bridgehead atoms. The highest BCUT2D eigenvalue weighted by Crippen LogP contribution is 2.33. The number of hydrogen-bond acceptors (Lipinski definition) is 0. The summed E-state index contributed by atoms with van der Waals surface area (Å²) in [5.74, 6) is 0. The van der Waals surface area contributed by atoms with Crippen molar-refractivity contribution in [2.45, 2.75) is 23.4 Å². The van der Waals surface area contributed by atoms with Gasteiger partial charge >= 0.3 is 0 Å². The molecule has 10 heavy (non-hydrogen) atoms. The van der Waals surface area contributed by atoms with E-state index >= 15 is 0 Å². The van der Waals surface area contributed by atoms with Gasteiger partial charge in [0.2, 0.25) is 0 Å². The van der Waals surface area contributed by atoms with Crippen molar-refractivity contribution >= 4 is 17.6 Å². The fourth-order valence-electron chi connectivity index (χ4n) is 1.46. The Morgan fingerprint density at radius 3 is 1.90 bits per heavy atom. The molecule has 0 N–H and O–H groups in total.